The number of ether oxygens (including phenoxy) is 3. The number of piperidine rings is 1. The fourth-order valence-electron chi connectivity index (χ4n) is 2.28. The lowest BCUT2D eigenvalue weighted by Gasteiger charge is -2.34. The van der Waals surface area contributed by atoms with Gasteiger partial charge in [-0.05, 0) is 45.0 Å². The van der Waals surface area contributed by atoms with E-state index in [9.17, 15) is 0 Å². The van der Waals surface area contributed by atoms with Crippen molar-refractivity contribution in [1.29, 1.82) is 0 Å². The van der Waals surface area contributed by atoms with E-state index in [4.69, 9.17) is 14.2 Å². The van der Waals surface area contributed by atoms with Crippen LogP contribution in [0.1, 0.15) is 19.8 Å². The maximum absolute atomic E-state index is 6.09. The molecule has 2 heterocycles. The van der Waals surface area contributed by atoms with Gasteiger partial charge >= 0.3 is 0 Å². The lowest BCUT2D eigenvalue weighted by molar-refractivity contribution is 0.0554. The number of hydrogen-bond acceptors (Lipinski definition) is 4. The van der Waals surface area contributed by atoms with Crippen LogP contribution in [-0.4, -0.2) is 25.5 Å². The van der Waals surface area contributed by atoms with Gasteiger partial charge in [0.15, 0.2) is 11.5 Å². The van der Waals surface area contributed by atoms with Gasteiger partial charge in [0, 0.05) is 6.07 Å². The summed E-state index contributed by atoms with van der Waals surface area (Å²) >= 11 is 0. The van der Waals surface area contributed by atoms with Gasteiger partial charge in [-0.25, -0.2) is 0 Å². The fraction of sp³-hybridized carbons (Fsp3) is 0.538. The summed E-state index contributed by atoms with van der Waals surface area (Å²) in [6.45, 7) is 4.50. The second-order valence-electron chi connectivity index (χ2n) is 4.82. The normalized spacial score (nSPS) is 21.2. The van der Waals surface area contributed by atoms with Crippen LogP contribution in [0.3, 0.4) is 0 Å². The van der Waals surface area contributed by atoms with Crippen LogP contribution in [0, 0.1) is 0 Å². The highest BCUT2D eigenvalue weighted by molar-refractivity contribution is 5.47. The molecule has 0 spiro atoms. The molecule has 1 aromatic carbocycles. The van der Waals surface area contributed by atoms with E-state index in [1.807, 2.05) is 18.2 Å². The molecular weight excluding hydrogens is 218 g/mol. The summed E-state index contributed by atoms with van der Waals surface area (Å²) in [5.74, 6) is 2.44. The molecule has 0 amide bonds. The van der Waals surface area contributed by atoms with Crippen LogP contribution >= 0.6 is 0 Å². The standard InChI is InChI=1S/C13H17NO3/c1-13(4-6-14-7-5-13)17-10-2-3-11-12(8-10)16-9-15-11/h2-3,8,14H,4-7,9H2,1H3. The minimum Gasteiger partial charge on any atom is -0.487 e. The molecule has 2 aliphatic heterocycles. The van der Waals surface area contributed by atoms with Crippen molar-refractivity contribution in [2.45, 2.75) is 25.4 Å². The van der Waals surface area contributed by atoms with Gasteiger partial charge in [0.25, 0.3) is 0 Å². The molecule has 0 bridgehead atoms. The van der Waals surface area contributed by atoms with Crippen molar-refractivity contribution in [2.75, 3.05) is 19.9 Å². The van der Waals surface area contributed by atoms with Crippen molar-refractivity contribution in [1.82, 2.24) is 5.32 Å². The Morgan fingerprint density at radius 2 is 1.94 bits per heavy atom. The van der Waals surface area contributed by atoms with Crippen LogP contribution in [0.2, 0.25) is 0 Å². The van der Waals surface area contributed by atoms with Gasteiger partial charge in [0.1, 0.15) is 11.4 Å². The van der Waals surface area contributed by atoms with Gasteiger partial charge in [0.2, 0.25) is 6.79 Å². The molecule has 1 aromatic rings. The first-order chi connectivity index (χ1) is 8.25. The van der Waals surface area contributed by atoms with E-state index in [0.717, 1.165) is 43.2 Å². The van der Waals surface area contributed by atoms with Gasteiger partial charge in [-0.15, -0.1) is 0 Å². The predicted octanol–water partition coefficient (Wildman–Crippen LogP) is 1.94. The van der Waals surface area contributed by atoms with Crippen molar-refractivity contribution >= 4 is 0 Å². The van der Waals surface area contributed by atoms with Crippen LogP contribution in [-0.2, 0) is 0 Å². The van der Waals surface area contributed by atoms with Crippen molar-refractivity contribution in [2.24, 2.45) is 0 Å². The Balaban J connectivity index is 1.76. The smallest absolute Gasteiger partial charge is 0.231 e. The molecule has 17 heavy (non-hydrogen) atoms. The first-order valence-corrected chi connectivity index (χ1v) is 6.05. The molecule has 1 fully saturated rings. The molecule has 0 unspecified atom stereocenters. The summed E-state index contributed by atoms with van der Waals surface area (Å²) in [6, 6.07) is 5.76. The highest BCUT2D eigenvalue weighted by atomic mass is 16.7. The van der Waals surface area contributed by atoms with E-state index in [1.165, 1.54) is 0 Å². The molecule has 1 N–H and O–H groups in total. The molecule has 4 nitrogen and oxygen atoms in total. The number of fused-ring (bicyclic) bond motifs is 1. The third-order valence-corrected chi connectivity index (χ3v) is 3.37. The van der Waals surface area contributed by atoms with Crippen LogP contribution in [0.15, 0.2) is 18.2 Å². The summed E-state index contributed by atoms with van der Waals surface area (Å²) in [5, 5.41) is 3.34. The zero-order chi connectivity index (χ0) is 11.7. The highest BCUT2D eigenvalue weighted by Crippen LogP contribution is 2.37. The van der Waals surface area contributed by atoms with Gasteiger partial charge in [-0.1, -0.05) is 0 Å². The van der Waals surface area contributed by atoms with Gasteiger partial charge in [-0.2, -0.15) is 0 Å². The molecule has 4 heteroatoms. The average molecular weight is 235 g/mol. The lowest BCUT2D eigenvalue weighted by atomic mass is 9.94. The maximum atomic E-state index is 6.09. The Morgan fingerprint density at radius 1 is 1.18 bits per heavy atom. The number of hydrogen-bond donors (Lipinski definition) is 1. The van der Waals surface area contributed by atoms with Crippen molar-refractivity contribution in [3.8, 4) is 17.2 Å². The summed E-state index contributed by atoms with van der Waals surface area (Å²) in [4.78, 5) is 0. The maximum Gasteiger partial charge on any atom is 0.231 e. The first kappa shape index (κ1) is 10.7. The molecule has 1 saturated heterocycles. The molecule has 92 valence electrons. The van der Waals surface area contributed by atoms with E-state index >= 15 is 0 Å². The highest BCUT2D eigenvalue weighted by Gasteiger charge is 2.29. The average Bonchev–Trinajstić information content (AvgIpc) is 2.76. The van der Waals surface area contributed by atoms with E-state index in [1.54, 1.807) is 0 Å². The Kier molecular flexibility index (Phi) is 2.59. The zero-order valence-corrected chi connectivity index (χ0v) is 9.99. The van der Waals surface area contributed by atoms with E-state index in [2.05, 4.69) is 12.2 Å². The topological polar surface area (TPSA) is 39.7 Å². The monoisotopic (exact) mass is 235 g/mol. The summed E-state index contributed by atoms with van der Waals surface area (Å²) < 4.78 is 16.7. The molecule has 0 radical (unpaired) electrons. The molecule has 0 aromatic heterocycles. The van der Waals surface area contributed by atoms with Crippen LogP contribution in [0.25, 0.3) is 0 Å². The van der Waals surface area contributed by atoms with Gasteiger partial charge in [-0.3, -0.25) is 0 Å². The SMILES string of the molecule is CC1(Oc2ccc3c(c2)OCO3)CCNCC1. The fourth-order valence-corrected chi connectivity index (χ4v) is 2.28. The number of benzene rings is 1. The molecule has 2 aliphatic rings. The van der Waals surface area contributed by atoms with Crippen LogP contribution < -0.4 is 19.5 Å². The van der Waals surface area contributed by atoms with Crippen molar-refractivity contribution in [3.05, 3.63) is 18.2 Å². The minimum absolute atomic E-state index is 0.0705. The second-order valence-corrected chi connectivity index (χ2v) is 4.82. The van der Waals surface area contributed by atoms with Crippen LogP contribution in [0.5, 0.6) is 17.2 Å². The number of rotatable bonds is 2. The Bertz CT molecular complexity index is 413. The molecule has 0 saturated carbocycles. The molecule has 0 aliphatic carbocycles. The third kappa shape index (κ3) is 2.17. The lowest BCUT2D eigenvalue weighted by Crippen LogP contribution is -2.43. The third-order valence-electron chi connectivity index (χ3n) is 3.37. The quantitative estimate of drug-likeness (QED) is 0.850. The molecule has 3 rings (SSSR count). The minimum atomic E-state index is -0.0705. The predicted molar refractivity (Wildman–Crippen MR) is 63.7 cm³/mol. The Hall–Kier alpha value is -1.42. The van der Waals surface area contributed by atoms with Crippen molar-refractivity contribution in [3.63, 3.8) is 0 Å². The van der Waals surface area contributed by atoms with E-state index in [0.29, 0.717) is 6.79 Å². The van der Waals surface area contributed by atoms with E-state index < -0.39 is 0 Å². The first-order valence-electron chi connectivity index (χ1n) is 6.05. The Labute approximate surface area is 101 Å². The second kappa shape index (κ2) is 4.11. The van der Waals surface area contributed by atoms with Gasteiger partial charge < -0.3 is 19.5 Å². The summed E-state index contributed by atoms with van der Waals surface area (Å²) in [6.07, 6.45) is 2.06. The summed E-state index contributed by atoms with van der Waals surface area (Å²) in [5.41, 5.74) is -0.0705. The largest absolute Gasteiger partial charge is 0.487 e. The van der Waals surface area contributed by atoms with Crippen molar-refractivity contribution < 1.29 is 14.2 Å². The molecule has 0 atom stereocenters. The number of nitrogens with one attached hydrogen (secondary N) is 1. The van der Waals surface area contributed by atoms with E-state index in [-0.39, 0.29) is 5.60 Å². The summed E-state index contributed by atoms with van der Waals surface area (Å²) in [7, 11) is 0. The molecular formula is C13H17NO3. The Morgan fingerprint density at radius 3 is 2.76 bits per heavy atom. The zero-order valence-electron chi connectivity index (χ0n) is 9.99. The van der Waals surface area contributed by atoms with Gasteiger partial charge in [0.05, 0.1) is 0 Å². The van der Waals surface area contributed by atoms with Crippen LogP contribution in [0.4, 0.5) is 0 Å².